The molecule has 152 valence electrons. The lowest BCUT2D eigenvalue weighted by Gasteiger charge is -2.26. The number of morpholine rings is 1. The second kappa shape index (κ2) is 8.65. The van der Waals surface area contributed by atoms with E-state index in [0.717, 1.165) is 4.31 Å². The van der Waals surface area contributed by atoms with E-state index in [1.165, 1.54) is 35.7 Å². The molecule has 0 unspecified atom stereocenters. The molecule has 2 rings (SSSR count). The van der Waals surface area contributed by atoms with Gasteiger partial charge in [0.25, 0.3) is 0 Å². The van der Waals surface area contributed by atoms with E-state index in [2.05, 4.69) is 4.74 Å². The van der Waals surface area contributed by atoms with E-state index in [-0.39, 0.29) is 22.9 Å². The minimum Gasteiger partial charge on any atom is -0.468 e. The van der Waals surface area contributed by atoms with E-state index in [1.54, 1.807) is 13.8 Å². The highest BCUT2D eigenvalue weighted by atomic mass is 32.2. The Morgan fingerprint density at radius 2 is 1.63 bits per heavy atom. The zero-order valence-corrected chi connectivity index (χ0v) is 17.1. The number of nitrogens with zero attached hydrogens (tertiary/aromatic N) is 2. The SMILES string of the molecule is COC(=O)CN(C(C)C)S(=O)(=O)c1ccc(S(=O)(=O)N2CCOCC2)cc1. The van der Waals surface area contributed by atoms with Gasteiger partial charge in [-0.2, -0.15) is 8.61 Å². The number of methoxy groups -OCH3 is 1. The maximum Gasteiger partial charge on any atom is 0.321 e. The first kappa shape index (κ1) is 21.8. The lowest BCUT2D eigenvalue weighted by atomic mass is 10.4. The summed E-state index contributed by atoms with van der Waals surface area (Å²) in [6.07, 6.45) is 0. The Morgan fingerprint density at radius 1 is 1.11 bits per heavy atom. The molecule has 1 aromatic rings. The van der Waals surface area contributed by atoms with Crippen molar-refractivity contribution in [1.29, 1.82) is 0 Å². The highest BCUT2D eigenvalue weighted by molar-refractivity contribution is 7.89. The van der Waals surface area contributed by atoms with Gasteiger partial charge in [0.1, 0.15) is 6.54 Å². The van der Waals surface area contributed by atoms with Gasteiger partial charge in [-0.25, -0.2) is 16.8 Å². The van der Waals surface area contributed by atoms with Crippen LogP contribution in [0.1, 0.15) is 13.8 Å². The molecule has 0 spiro atoms. The third-order valence-corrected chi connectivity index (χ3v) is 8.08. The predicted molar refractivity (Wildman–Crippen MR) is 97.1 cm³/mol. The molecule has 0 bridgehead atoms. The largest absolute Gasteiger partial charge is 0.468 e. The van der Waals surface area contributed by atoms with Crippen LogP contribution in [0, 0.1) is 0 Å². The Morgan fingerprint density at radius 3 is 2.11 bits per heavy atom. The Balaban J connectivity index is 2.30. The van der Waals surface area contributed by atoms with Gasteiger partial charge in [0.15, 0.2) is 0 Å². The Kier molecular flexibility index (Phi) is 6.98. The van der Waals surface area contributed by atoms with E-state index in [4.69, 9.17) is 4.74 Å². The summed E-state index contributed by atoms with van der Waals surface area (Å²) in [7, 11) is -6.52. The third kappa shape index (κ3) is 4.85. The standard InChI is InChI=1S/C16H24N2O7S2/c1-13(2)18(12-16(19)24-3)27(22,23)15-6-4-14(5-7-15)26(20,21)17-8-10-25-11-9-17/h4-7,13H,8-12H2,1-3H3. The van der Waals surface area contributed by atoms with Gasteiger partial charge >= 0.3 is 5.97 Å². The number of carbonyl (C=O) groups excluding carboxylic acids is 1. The lowest BCUT2D eigenvalue weighted by molar-refractivity contribution is -0.141. The topological polar surface area (TPSA) is 110 Å². The second-order valence-electron chi connectivity index (χ2n) is 6.21. The van der Waals surface area contributed by atoms with Gasteiger partial charge in [-0.1, -0.05) is 0 Å². The van der Waals surface area contributed by atoms with Crippen molar-refractivity contribution in [2.24, 2.45) is 0 Å². The summed E-state index contributed by atoms with van der Waals surface area (Å²) in [6, 6.07) is 4.50. The summed E-state index contributed by atoms with van der Waals surface area (Å²) < 4.78 is 62.9. The molecule has 0 amide bonds. The van der Waals surface area contributed by atoms with Crippen LogP contribution >= 0.6 is 0 Å². The number of benzene rings is 1. The van der Waals surface area contributed by atoms with Crippen LogP contribution in [0.2, 0.25) is 0 Å². The van der Waals surface area contributed by atoms with Crippen LogP contribution in [-0.2, 0) is 34.3 Å². The van der Waals surface area contributed by atoms with Crippen molar-refractivity contribution in [2.75, 3.05) is 40.0 Å². The van der Waals surface area contributed by atoms with Crippen LogP contribution in [0.4, 0.5) is 0 Å². The number of sulfonamides is 2. The molecule has 1 aliphatic heterocycles. The monoisotopic (exact) mass is 420 g/mol. The fourth-order valence-electron chi connectivity index (χ4n) is 2.59. The Bertz CT molecular complexity index is 859. The van der Waals surface area contributed by atoms with Gasteiger partial charge in [-0.3, -0.25) is 4.79 Å². The van der Waals surface area contributed by atoms with Crippen molar-refractivity contribution in [2.45, 2.75) is 29.7 Å². The van der Waals surface area contributed by atoms with Gasteiger partial charge in [0.05, 0.1) is 30.1 Å². The summed E-state index contributed by atoms with van der Waals surface area (Å²) in [5, 5.41) is 0. The molecular formula is C16H24N2O7S2. The molecule has 0 aliphatic carbocycles. The van der Waals surface area contributed by atoms with E-state index in [0.29, 0.717) is 13.2 Å². The minimum absolute atomic E-state index is 0.00687. The quantitative estimate of drug-likeness (QED) is 0.583. The number of hydrogen-bond acceptors (Lipinski definition) is 7. The molecule has 11 heteroatoms. The molecule has 0 aromatic heterocycles. The number of ether oxygens (including phenoxy) is 2. The van der Waals surface area contributed by atoms with E-state index < -0.39 is 38.6 Å². The maximum atomic E-state index is 12.8. The molecule has 27 heavy (non-hydrogen) atoms. The van der Waals surface area contributed by atoms with Crippen molar-refractivity contribution in [1.82, 2.24) is 8.61 Å². The highest BCUT2D eigenvalue weighted by Crippen LogP contribution is 2.22. The first-order valence-corrected chi connectivity index (χ1v) is 11.3. The van der Waals surface area contributed by atoms with Crippen molar-refractivity contribution < 1.29 is 31.1 Å². The van der Waals surface area contributed by atoms with Crippen molar-refractivity contribution in [3.63, 3.8) is 0 Å². The van der Waals surface area contributed by atoms with Gasteiger partial charge in [0, 0.05) is 19.1 Å². The summed E-state index contributed by atoms with van der Waals surface area (Å²) in [4.78, 5) is 11.5. The van der Waals surface area contributed by atoms with Crippen LogP contribution in [0.25, 0.3) is 0 Å². The van der Waals surface area contributed by atoms with Crippen LogP contribution in [0.5, 0.6) is 0 Å². The van der Waals surface area contributed by atoms with Gasteiger partial charge < -0.3 is 9.47 Å². The zero-order chi connectivity index (χ0) is 20.2. The number of rotatable bonds is 7. The predicted octanol–water partition coefficient (Wildman–Crippen LogP) is 0.280. The van der Waals surface area contributed by atoms with E-state index >= 15 is 0 Å². The van der Waals surface area contributed by atoms with Gasteiger partial charge in [-0.15, -0.1) is 0 Å². The molecule has 1 aromatic carbocycles. The first-order valence-electron chi connectivity index (χ1n) is 8.37. The molecule has 0 radical (unpaired) electrons. The third-order valence-electron chi connectivity index (χ3n) is 4.13. The van der Waals surface area contributed by atoms with Gasteiger partial charge in [-0.05, 0) is 38.1 Å². The fraction of sp³-hybridized carbons (Fsp3) is 0.562. The molecule has 0 atom stereocenters. The fourth-order valence-corrected chi connectivity index (χ4v) is 5.58. The van der Waals surface area contributed by atoms with Crippen LogP contribution in [-0.4, -0.2) is 77.4 Å². The molecule has 0 saturated carbocycles. The van der Waals surface area contributed by atoms with Gasteiger partial charge in [0.2, 0.25) is 20.0 Å². The average Bonchev–Trinajstić information content (AvgIpc) is 2.66. The van der Waals surface area contributed by atoms with Crippen molar-refractivity contribution >= 4 is 26.0 Å². The smallest absolute Gasteiger partial charge is 0.321 e. The van der Waals surface area contributed by atoms with Crippen molar-refractivity contribution in [3.8, 4) is 0 Å². The Labute approximate surface area is 160 Å². The molecule has 1 fully saturated rings. The molecular weight excluding hydrogens is 396 g/mol. The summed E-state index contributed by atoms with van der Waals surface area (Å²) in [5.74, 6) is -0.682. The number of hydrogen-bond donors (Lipinski definition) is 0. The average molecular weight is 421 g/mol. The Hall–Kier alpha value is -1.53. The highest BCUT2D eigenvalue weighted by Gasteiger charge is 2.31. The van der Waals surface area contributed by atoms with Crippen molar-refractivity contribution in [3.05, 3.63) is 24.3 Å². The number of esters is 1. The zero-order valence-electron chi connectivity index (χ0n) is 15.5. The summed E-state index contributed by atoms with van der Waals surface area (Å²) in [6.45, 7) is 4.00. The minimum atomic E-state index is -3.99. The van der Waals surface area contributed by atoms with Crippen LogP contribution < -0.4 is 0 Å². The van der Waals surface area contributed by atoms with Crippen LogP contribution in [0.3, 0.4) is 0 Å². The van der Waals surface area contributed by atoms with E-state index in [1.807, 2.05) is 0 Å². The molecule has 9 nitrogen and oxygen atoms in total. The maximum absolute atomic E-state index is 12.8. The number of carbonyl (C=O) groups is 1. The van der Waals surface area contributed by atoms with E-state index in [9.17, 15) is 21.6 Å². The summed E-state index contributed by atoms with van der Waals surface area (Å²) >= 11 is 0. The normalized spacial score (nSPS) is 16.6. The summed E-state index contributed by atoms with van der Waals surface area (Å²) in [5.41, 5.74) is 0. The molecule has 1 saturated heterocycles. The lowest BCUT2D eigenvalue weighted by Crippen LogP contribution is -2.41. The second-order valence-corrected chi connectivity index (χ2v) is 10.0. The molecule has 1 aliphatic rings. The first-order chi connectivity index (χ1) is 12.6. The molecule has 1 heterocycles. The molecule has 0 N–H and O–H groups in total. The van der Waals surface area contributed by atoms with Crippen LogP contribution in [0.15, 0.2) is 34.1 Å².